The summed E-state index contributed by atoms with van der Waals surface area (Å²) in [4.78, 5) is 0. The first kappa shape index (κ1) is 15.8. The van der Waals surface area contributed by atoms with E-state index in [4.69, 9.17) is 0 Å². The summed E-state index contributed by atoms with van der Waals surface area (Å²) in [5.74, 6) is -0.259. The number of hydrogen-bond acceptors (Lipinski definition) is 2. The number of hydrogen-bond donors (Lipinski definition) is 1. The Hall–Kier alpha value is -2.66. The maximum atomic E-state index is 14.7. The first-order valence-electron chi connectivity index (χ1n) is 7.78. The summed E-state index contributed by atoms with van der Waals surface area (Å²) >= 11 is 3.34. The van der Waals surface area contributed by atoms with E-state index < -0.39 is 0 Å². The van der Waals surface area contributed by atoms with Crippen molar-refractivity contribution < 1.29 is 9.50 Å². The molecule has 0 amide bonds. The number of benzene rings is 3. The number of nitrogens with zero attached hydrogens (tertiary/aromatic N) is 2. The molecule has 0 aliphatic carbocycles. The van der Waals surface area contributed by atoms with Crippen LogP contribution >= 0.6 is 15.9 Å². The third-order valence-electron chi connectivity index (χ3n) is 4.11. The van der Waals surface area contributed by atoms with Crippen LogP contribution in [0.1, 0.15) is 5.56 Å². The van der Waals surface area contributed by atoms with E-state index in [0.29, 0.717) is 26.8 Å². The molecule has 0 saturated heterocycles. The van der Waals surface area contributed by atoms with Crippen LogP contribution in [0.25, 0.3) is 27.8 Å². The molecule has 124 valence electrons. The SMILES string of the molecule is Cc1ccc(-n2nc(-c3ccccc3)c3c(F)cc(Br)cc32)c(O)c1. The highest BCUT2D eigenvalue weighted by atomic mass is 79.9. The summed E-state index contributed by atoms with van der Waals surface area (Å²) in [5.41, 5.74) is 3.40. The highest BCUT2D eigenvalue weighted by Gasteiger charge is 2.19. The third-order valence-corrected chi connectivity index (χ3v) is 4.56. The summed E-state index contributed by atoms with van der Waals surface area (Å²) < 4.78 is 16.9. The Bertz CT molecular complexity index is 1090. The minimum Gasteiger partial charge on any atom is -0.506 e. The summed E-state index contributed by atoms with van der Waals surface area (Å²) in [6.45, 7) is 1.90. The first-order chi connectivity index (χ1) is 12.0. The van der Waals surface area contributed by atoms with E-state index in [1.165, 1.54) is 6.07 Å². The minimum atomic E-state index is -0.360. The molecule has 0 saturated carbocycles. The van der Waals surface area contributed by atoms with E-state index in [9.17, 15) is 9.50 Å². The Balaban J connectivity index is 2.09. The van der Waals surface area contributed by atoms with Crippen molar-refractivity contribution in [2.45, 2.75) is 6.92 Å². The van der Waals surface area contributed by atoms with Crippen molar-refractivity contribution in [3.8, 4) is 22.7 Å². The van der Waals surface area contributed by atoms with Gasteiger partial charge in [0, 0.05) is 10.0 Å². The fourth-order valence-electron chi connectivity index (χ4n) is 2.96. The van der Waals surface area contributed by atoms with E-state index >= 15 is 0 Å². The smallest absolute Gasteiger partial charge is 0.141 e. The van der Waals surface area contributed by atoms with E-state index in [1.807, 2.05) is 43.3 Å². The van der Waals surface area contributed by atoms with Gasteiger partial charge in [0.05, 0.1) is 10.9 Å². The Morgan fingerprint density at radius 2 is 1.80 bits per heavy atom. The van der Waals surface area contributed by atoms with Gasteiger partial charge in [0.15, 0.2) is 0 Å². The van der Waals surface area contributed by atoms with Gasteiger partial charge in [-0.05, 0) is 36.8 Å². The molecule has 4 aromatic rings. The molecule has 5 heteroatoms. The predicted octanol–water partition coefficient (Wildman–Crippen LogP) is 5.61. The number of aryl methyl sites for hydroxylation is 1. The van der Waals surface area contributed by atoms with Crippen molar-refractivity contribution in [1.29, 1.82) is 0 Å². The van der Waals surface area contributed by atoms with Gasteiger partial charge in [-0.1, -0.05) is 52.3 Å². The maximum absolute atomic E-state index is 14.7. The van der Waals surface area contributed by atoms with E-state index in [-0.39, 0.29) is 11.6 Å². The van der Waals surface area contributed by atoms with Gasteiger partial charge in [0.25, 0.3) is 0 Å². The molecule has 1 N–H and O–H groups in total. The van der Waals surface area contributed by atoms with Crippen molar-refractivity contribution in [1.82, 2.24) is 9.78 Å². The summed E-state index contributed by atoms with van der Waals surface area (Å²) in [5, 5.41) is 15.4. The Kier molecular flexibility index (Phi) is 3.81. The molecule has 0 fully saturated rings. The topological polar surface area (TPSA) is 38.0 Å². The molecule has 0 aliphatic heterocycles. The normalized spacial score (nSPS) is 11.2. The monoisotopic (exact) mass is 396 g/mol. The number of phenolic OH excluding ortho intramolecular Hbond substituents is 1. The molecule has 3 nitrogen and oxygen atoms in total. The van der Waals surface area contributed by atoms with Crippen LogP contribution in [-0.2, 0) is 0 Å². The number of halogens is 2. The molecule has 0 unspecified atom stereocenters. The molecule has 0 bridgehead atoms. The van der Waals surface area contributed by atoms with Crippen molar-refractivity contribution in [3.05, 3.63) is 76.5 Å². The van der Waals surface area contributed by atoms with Gasteiger partial charge < -0.3 is 5.11 Å². The van der Waals surface area contributed by atoms with E-state index in [2.05, 4.69) is 21.0 Å². The van der Waals surface area contributed by atoms with Gasteiger partial charge in [0.1, 0.15) is 22.9 Å². The number of rotatable bonds is 2. The molecule has 0 radical (unpaired) electrons. The van der Waals surface area contributed by atoms with E-state index in [0.717, 1.165) is 11.1 Å². The zero-order valence-electron chi connectivity index (χ0n) is 13.4. The van der Waals surface area contributed by atoms with Gasteiger partial charge >= 0.3 is 0 Å². The second-order valence-electron chi connectivity index (χ2n) is 5.90. The van der Waals surface area contributed by atoms with Crippen LogP contribution in [0.2, 0.25) is 0 Å². The molecule has 1 heterocycles. The maximum Gasteiger partial charge on any atom is 0.141 e. The molecular formula is C20H14BrFN2O. The van der Waals surface area contributed by atoms with Crippen molar-refractivity contribution in [2.75, 3.05) is 0 Å². The fourth-order valence-corrected chi connectivity index (χ4v) is 3.38. The Morgan fingerprint density at radius 1 is 1.04 bits per heavy atom. The first-order valence-corrected chi connectivity index (χ1v) is 8.57. The van der Waals surface area contributed by atoms with Crippen LogP contribution in [0.3, 0.4) is 0 Å². The quantitative estimate of drug-likeness (QED) is 0.478. The molecular weight excluding hydrogens is 383 g/mol. The number of aromatic hydroxyl groups is 1. The van der Waals surface area contributed by atoms with E-state index in [1.54, 1.807) is 22.9 Å². The Morgan fingerprint density at radius 3 is 2.52 bits per heavy atom. The van der Waals surface area contributed by atoms with Gasteiger partial charge in [-0.15, -0.1) is 0 Å². The van der Waals surface area contributed by atoms with Crippen molar-refractivity contribution >= 4 is 26.8 Å². The number of phenols is 1. The lowest BCUT2D eigenvalue weighted by Crippen LogP contribution is -1.97. The van der Waals surface area contributed by atoms with Crippen LogP contribution < -0.4 is 0 Å². The van der Waals surface area contributed by atoms with Crippen LogP contribution in [0, 0.1) is 12.7 Å². The van der Waals surface area contributed by atoms with Crippen LogP contribution in [0.5, 0.6) is 5.75 Å². The molecule has 1 aromatic heterocycles. The van der Waals surface area contributed by atoms with Gasteiger partial charge in [-0.2, -0.15) is 5.10 Å². The lowest BCUT2D eigenvalue weighted by molar-refractivity contribution is 0.470. The lowest BCUT2D eigenvalue weighted by atomic mass is 10.1. The number of aromatic nitrogens is 2. The second kappa shape index (κ2) is 6.01. The molecule has 4 rings (SSSR count). The zero-order chi connectivity index (χ0) is 17.6. The molecule has 3 aromatic carbocycles. The lowest BCUT2D eigenvalue weighted by Gasteiger charge is -2.07. The highest BCUT2D eigenvalue weighted by Crippen LogP contribution is 2.35. The molecule has 25 heavy (non-hydrogen) atoms. The molecule has 0 aliphatic rings. The average Bonchev–Trinajstić information content (AvgIpc) is 2.95. The van der Waals surface area contributed by atoms with Gasteiger partial charge in [0.2, 0.25) is 0 Å². The summed E-state index contributed by atoms with van der Waals surface area (Å²) in [7, 11) is 0. The average molecular weight is 397 g/mol. The molecule has 0 atom stereocenters. The third kappa shape index (κ3) is 2.70. The standard InChI is InChI=1S/C20H14BrFN2O/c1-12-7-8-16(18(25)9-12)24-17-11-14(21)10-15(22)19(17)20(23-24)13-5-3-2-4-6-13/h2-11,25H,1H3. The predicted molar refractivity (Wildman–Crippen MR) is 101 cm³/mol. The van der Waals surface area contributed by atoms with Gasteiger partial charge in [-0.25, -0.2) is 9.07 Å². The zero-order valence-corrected chi connectivity index (χ0v) is 15.0. The van der Waals surface area contributed by atoms with Crippen LogP contribution in [0.4, 0.5) is 4.39 Å². The highest BCUT2D eigenvalue weighted by molar-refractivity contribution is 9.10. The number of fused-ring (bicyclic) bond motifs is 1. The minimum absolute atomic E-state index is 0.101. The summed E-state index contributed by atoms with van der Waals surface area (Å²) in [6, 6.07) is 18.0. The Labute approximate surface area is 152 Å². The fraction of sp³-hybridized carbons (Fsp3) is 0.0500. The summed E-state index contributed by atoms with van der Waals surface area (Å²) in [6.07, 6.45) is 0. The van der Waals surface area contributed by atoms with Crippen molar-refractivity contribution in [3.63, 3.8) is 0 Å². The van der Waals surface area contributed by atoms with Gasteiger partial charge in [-0.3, -0.25) is 0 Å². The van der Waals surface area contributed by atoms with Crippen molar-refractivity contribution in [2.24, 2.45) is 0 Å². The second-order valence-corrected chi connectivity index (χ2v) is 6.82. The molecule has 0 spiro atoms. The largest absolute Gasteiger partial charge is 0.506 e. The van der Waals surface area contributed by atoms with Crippen LogP contribution in [0.15, 0.2) is 65.1 Å². The van der Waals surface area contributed by atoms with Crippen LogP contribution in [-0.4, -0.2) is 14.9 Å².